The van der Waals surface area contributed by atoms with E-state index in [2.05, 4.69) is 19.4 Å². The highest BCUT2D eigenvalue weighted by molar-refractivity contribution is 7.00. The molecule has 0 aliphatic carbocycles. The molecule has 10 heteroatoms. The van der Waals surface area contributed by atoms with Crippen LogP contribution in [0, 0.1) is 0 Å². The van der Waals surface area contributed by atoms with Gasteiger partial charge in [0.15, 0.2) is 0 Å². The standard InChI is InChI=1S/C19H17N5O4S/c1-19(11-6-8-12(28-2)9-7-11)17(26)24(18(27)21-19)10-15(25)20-13-4-3-5-14-16(13)23-29-22-14/h3-9H,10H2,1-2H3,(H,20,25)(H,21,27)/t19-/m0/s1. The van der Waals surface area contributed by atoms with Crippen LogP contribution >= 0.6 is 11.7 Å². The van der Waals surface area contributed by atoms with Gasteiger partial charge in [-0.05, 0) is 36.8 Å². The third-order valence-electron chi connectivity index (χ3n) is 4.80. The van der Waals surface area contributed by atoms with E-state index in [1.807, 2.05) is 0 Å². The van der Waals surface area contributed by atoms with Gasteiger partial charge in [0.2, 0.25) is 5.91 Å². The van der Waals surface area contributed by atoms with Crippen LogP contribution in [-0.4, -0.2) is 45.1 Å². The molecule has 0 saturated carbocycles. The number of rotatable bonds is 5. The van der Waals surface area contributed by atoms with E-state index in [1.165, 1.54) is 0 Å². The molecular weight excluding hydrogens is 394 g/mol. The van der Waals surface area contributed by atoms with Crippen molar-refractivity contribution >= 4 is 46.3 Å². The van der Waals surface area contributed by atoms with Gasteiger partial charge in [-0.15, -0.1) is 0 Å². The van der Waals surface area contributed by atoms with Gasteiger partial charge < -0.3 is 15.4 Å². The number of nitrogens with one attached hydrogen (secondary N) is 2. The zero-order valence-electron chi connectivity index (χ0n) is 15.6. The molecular formula is C19H17N5O4S. The fourth-order valence-corrected chi connectivity index (χ4v) is 3.75. The van der Waals surface area contributed by atoms with E-state index in [-0.39, 0.29) is 0 Å². The zero-order valence-corrected chi connectivity index (χ0v) is 16.4. The molecule has 3 aromatic rings. The average Bonchev–Trinajstić information content (AvgIpc) is 3.28. The number of ether oxygens (including phenoxy) is 1. The van der Waals surface area contributed by atoms with Gasteiger partial charge in [-0.25, -0.2) is 4.79 Å². The van der Waals surface area contributed by atoms with Crippen LogP contribution in [0.3, 0.4) is 0 Å². The number of nitrogens with zero attached hydrogens (tertiary/aromatic N) is 3. The number of carbonyl (C=O) groups is 3. The molecule has 1 saturated heterocycles. The van der Waals surface area contributed by atoms with Crippen molar-refractivity contribution in [2.45, 2.75) is 12.5 Å². The van der Waals surface area contributed by atoms with E-state index in [1.54, 1.807) is 56.5 Å². The molecule has 29 heavy (non-hydrogen) atoms. The van der Waals surface area contributed by atoms with Crippen molar-refractivity contribution in [3.63, 3.8) is 0 Å². The van der Waals surface area contributed by atoms with Crippen molar-refractivity contribution in [1.82, 2.24) is 19.0 Å². The van der Waals surface area contributed by atoms with Gasteiger partial charge in [0.1, 0.15) is 28.9 Å². The summed E-state index contributed by atoms with van der Waals surface area (Å²) in [7, 11) is 1.54. The second-order valence-corrected chi connectivity index (χ2v) is 7.19. The molecule has 2 aromatic carbocycles. The Morgan fingerprint density at radius 1 is 1.21 bits per heavy atom. The maximum absolute atomic E-state index is 13.0. The first-order valence-electron chi connectivity index (χ1n) is 8.72. The van der Waals surface area contributed by atoms with E-state index in [9.17, 15) is 14.4 Å². The second-order valence-electron chi connectivity index (χ2n) is 6.66. The second kappa shape index (κ2) is 7.13. The molecule has 1 aliphatic rings. The number of imide groups is 1. The van der Waals surface area contributed by atoms with E-state index in [4.69, 9.17) is 4.74 Å². The molecule has 2 N–H and O–H groups in total. The molecule has 0 spiro atoms. The maximum atomic E-state index is 13.0. The third-order valence-corrected chi connectivity index (χ3v) is 5.35. The minimum Gasteiger partial charge on any atom is -0.497 e. The van der Waals surface area contributed by atoms with Crippen molar-refractivity contribution in [2.24, 2.45) is 0 Å². The number of hydrogen-bond acceptors (Lipinski definition) is 7. The predicted molar refractivity (Wildman–Crippen MR) is 107 cm³/mol. The van der Waals surface area contributed by atoms with Gasteiger partial charge in [0, 0.05) is 0 Å². The normalized spacial score (nSPS) is 18.8. The molecule has 1 aliphatic heterocycles. The number of amides is 4. The fraction of sp³-hybridized carbons (Fsp3) is 0.211. The highest BCUT2D eigenvalue weighted by Crippen LogP contribution is 2.30. The molecule has 4 rings (SSSR count). The number of urea groups is 1. The predicted octanol–water partition coefficient (Wildman–Crippen LogP) is 2.11. The number of hydrogen-bond donors (Lipinski definition) is 2. The first-order valence-corrected chi connectivity index (χ1v) is 9.45. The van der Waals surface area contributed by atoms with Gasteiger partial charge in [-0.2, -0.15) is 8.75 Å². The van der Waals surface area contributed by atoms with Gasteiger partial charge in [0.25, 0.3) is 5.91 Å². The van der Waals surface area contributed by atoms with E-state index in [0.717, 1.165) is 16.6 Å². The molecule has 4 amide bonds. The topological polar surface area (TPSA) is 114 Å². The quantitative estimate of drug-likeness (QED) is 0.622. The number of methoxy groups -OCH3 is 1. The molecule has 148 valence electrons. The molecule has 1 aromatic heterocycles. The number of aromatic nitrogens is 2. The van der Waals surface area contributed by atoms with Crippen molar-refractivity contribution in [3.05, 3.63) is 48.0 Å². The van der Waals surface area contributed by atoms with Crippen molar-refractivity contribution in [3.8, 4) is 5.75 Å². The Labute approximate surface area is 170 Å². The molecule has 1 atom stereocenters. The van der Waals surface area contributed by atoms with E-state index < -0.39 is 29.9 Å². The lowest BCUT2D eigenvalue weighted by atomic mass is 9.92. The van der Waals surface area contributed by atoms with Gasteiger partial charge in [0.05, 0.1) is 24.5 Å². The van der Waals surface area contributed by atoms with E-state index >= 15 is 0 Å². The van der Waals surface area contributed by atoms with Gasteiger partial charge in [-0.3, -0.25) is 14.5 Å². The average molecular weight is 411 g/mol. The Hall–Kier alpha value is -3.53. The minimum atomic E-state index is -1.26. The number of benzene rings is 2. The Kier molecular flexibility index (Phi) is 4.63. The summed E-state index contributed by atoms with van der Waals surface area (Å²) in [5.74, 6) is -0.375. The Morgan fingerprint density at radius 2 is 1.97 bits per heavy atom. The Balaban J connectivity index is 1.51. The summed E-state index contributed by atoms with van der Waals surface area (Å²) in [4.78, 5) is 38.8. The fourth-order valence-electron chi connectivity index (χ4n) is 3.20. The van der Waals surface area contributed by atoms with Crippen molar-refractivity contribution < 1.29 is 19.1 Å². The van der Waals surface area contributed by atoms with Crippen LogP contribution < -0.4 is 15.4 Å². The Bertz CT molecular complexity index is 1110. The lowest BCUT2D eigenvalue weighted by molar-refractivity contribution is -0.133. The van der Waals surface area contributed by atoms with Crippen LogP contribution in [0.1, 0.15) is 12.5 Å². The van der Waals surface area contributed by atoms with E-state index in [0.29, 0.717) is 28.0 Å². The highest BCUT2D eigenvalue weighted by Gasteiger charge is 2.49. The summed E-state index contributed by atoms with van der Waals surface area (Å²) in [6, 6.07) is 11.4. The van der Waals surface area contributed by atoms with Crippen molar-refractivity contribution in [1.29, 1.82) is 0 Å². The van der Waals surface area contributed by atoms with Crippen LogP contribution in [0.15, 0.2) is 42.5 Å². The molecule has 2 heterocycles. The maximum Gasteiger partial charge on any atom is 0.325 e. The lowest BCUT2D eigenvalue weighted by Gasteiger charge is -2.22. The summed E-state index contributed by atoms with van der Waals surface area (Å²) in [5.41, 5.74) is 1.03. The molecule has 0 bridgehead atoms. The first kappa shape index (κ1) is 18.8. The summed E-state index contributed by atoms with van der Waals surface area (Å²) in [5, 5.41) is 5.37. The summed E-state index contributed by atoms with van der Waals surface area (Å²) >= 11 is 1.04. The van der Waals surface area contributed by atoms with Crippen LogP contribution in [0.2, 0.25) is 0 Å². The Morgan fingerprint density at radius 3 is 2.69 bits per heavy atom. The summed E-state index contributed by atoms with van der Waals surface area (Å²) in [6.45, 7) is 1.19. The smallest absolute Gasteiger partial charge is 0.325 e. The van der Waals surface area contributed by atoms with Gasteiger partial charge in [-0.1, -0.05) is 18.2 Å². The molecule has 9 nitrogen and oxygen atoms in total. The zero-order chi connectivity index (χ0) is 20.6. The van der Waals surface area contributed by atoms with Gasteiger partial charge >= 0.3 is 6.03 Å². The minimum absolute atomic E-state index is 0.412. The molecule has 0 radical (unpaired) electrons. The SMILES string of the molecule is COc1ccc([C@]2(C)NC(=O)N(CC(=O)Nc3cccc4nsnc34)C2=O)cc1. The summed E-state index contributed by atoms with van der Waals surface area (Å²) in [6.07, 6.45) is 0. The van der Waals surface area contributed by atoms with Crippen LogP contribution in [-0.2, 0) is 15.1 Å². The van der Waals surface area contributed by atoms with Crippen LogP contribution in [0.4, 0.5) is 10.5 Å². The third kappa shape index (κ3) is 3.27. The molecule has 0 unspecified atom stereocenters. The summed E-state index contributed by atoms with van der Waals surface area (Å²) < 4.78 is 13.4. The first-order chi connectivity index (χ1) is 13.9. The lowest BCUT2D eigenvalue weighted by Crippen LogP contribution is -2.42. The van der Waals surface area contributed by atoms with Crippen LogP contribution in [0.25, 0.3) is 11.0 Å². The number of fused-ring (bicyclic) bond motifs is 1. The molecule has 1 fully saturated rings. The number of carbonyl (C=O) groups excluding carboxylic acids is 3. The van der Waals surface area contributed by atoms with Crippen molar-refractivity contribution in [2.75, 3.05) is 19.0 Å². The van der Waals surface area contributed by atoms with Crippen LogP contribution in [0.5, 0.6) is 5.75 Å². The number of anilines is 1. The largest absolute Gasteiger partial charge is 0.497 e. The monoisotopic (exact) mass is 411 g/mol. The highest BCUT2D eigenvalue weighted by atomic mass is 32.1.